The van der Waals surface area contributed by atoms with Gasteiger partial charge in [-0.05, 0) is 35.4 Å². The quantitative estimate of drug-likeness (QED) is 0.642. The van der Waals surface area contributed by atoms with Crippen molar-refractivity contribution >= 4 is 6.29 Å². The van der Waals surface area contributed by atoms with Gasteiger partial charge in [0.05, 0.1) is 26.9 Å². The Morgan fingerprint density at radius 1 is 0.844 bits per heavy atom. The van der Waals surface area contributed by atoms with Gasteiger partial charge in [-0.3, -0.25) is 4.79 Å². The van der Waals surface area contributed by atoms with Crippen LogP contribution in [0.4, 0.5) is 0 Å². The lowest BCUT2D eigenvalue weighted by atomic mass is 9.72. The fourth-order valence-electron chi connectivity index (χ4n) is 4.73. The third-order valence-electron chi connectivity index (χ3n) is 6.42. The predicted octanol–water partition coefficient (Wildman–Crippen LogP) is 3.77. The van der Waals surface area contributed by atoms with E-state index in [0.717, 1.165) is 17.4 Å². The smallest absolute Gasteiger partial charge is 0.417 e. The maximum Gasteiger partial charge on any atom is 0.417 e. The van der Waals surface area contributed by atoms with E-state index in [1.165, 1.54) is 7.11 Å². The fourth-order valence-corrected chi connectivity index (χ4v) is 4.73. The van der Waals surface area contributed by atoms with Gasteiger partial charge in [0, 0.05) is 0 Å². The molecular weight excluding hydrogens is 412 g/mol. The average molecular weight is 436 g/mol. The topological polar surface area (TPSA) is 71.9 Å². The van der Waals surface area contributed by atoms with Gasteiger partial charge in [-0.15, -0.1) is 0 Å². The number of carbonyl (C=O) groups excluding carboxylic acids is 1. The number of hydrogen-bond acceptors (Lipinski definition) is 6. The van der Waals surface area contributed by atoms with Gasteiger partial charge in [0.15, 0.2) is 30.0 Å². The summed E-state index contributed by atoms with van der Waals surface area (Å²) in [6.45, 7) is 12.2. The minimum atomic E-state index is -1.09. The van der Waals surface area contributed by atoms with E-state index in [-0.39, 0.29) is 13.2 Å². The lowest BCUT2D eigenvalue weighted by Crippen LogP contribution is -2.49. The summed E-state index contributed by atoms with van der Waals surface area (Å²) in [7, 11) is 4.62. The van der Waals surface area contributed by atoms with Crippen LogP contribution in [0.15, 0.2) is 36.4 Å². The number of rotatable bonds is 6. The first kappa shape index (κ1) is 21.6. The van der Waals surface area contributed by atoms with Crippen LogP contribution in [-0.4, -0.2) is 51.9 Å². The van der Waals surface area contributed by atoms with Crippen LogP contribution >= 0.6 is 0 Å². The molecule has 2 aromatic rings. The van der Waals surface area contributed by atoms with Crippen molar-refractivity contribution in [1.82, 2.24) is 0 Å². The molecule has 2 aromatic carbocycles. The standard InChI is InChI=1S/C24H24N2O6/c1-25-23-13-32-22(16-8-9-18(28-3)20(11-16)30-5)24(23,26-2)14-31-21(23)15-6-7-17(12-27)19(10-15)29-4/h1-2,6-12,21-22H,13-14H2,3-5H3/q+2/t21-,22-,23+,24+/m1/s1. The third-order valence-corrected chi connectivity index (χ3v) is 6.42. The van der Waals surface area contributed by atoms with E-state index >= 15 is 0 Å². The Hall–Kier alpha value is -3.59. The first-order valence-corrected chi connectivity index (χ1v) is 9.96. The predicted molar refractivity (Wildman–Crippen MR) is 117 cm³/mol. The van der Waals surface area contributed by atoms with Gasteiger partial charge in [-0.25, -0.2) is 0 Å². The largest absolute Gasteiger partial charge is 0.496 e. The van der Waals surface area contributed by atoms with E-state index in [2.05, 4.69) is 9.69 Å². The van der Waals surface area contributed by atoms with Crippen molar-refractivity contribution < 1.29 is 28.5 Å². The van der Waals surface area contributed by atoms with Gasteiger partial charge >= 0.3 is 11.1 Å². The molecule has 2 fully saturated rings. The SMILES string of the molecule is C#[N+][C@]12CO[C@H](c3ccc(OC)c(OC)c3)[C@@]1([N+]#C)CO[C@@H]2c1ccc(C=O)c(OC)c1. The second-order valence-electron chi connectivity index (χ2n) is 7.72. The second-order valence-corrected chi connectivity index (χ2v) is 7.72. The average Bonchev–Trinajstić information content (AvgIpc) is 3.35. The highest BCUT2D eigenvalue weighted by Crippen LogP contribution is 2.60. The normalized spacial score (nSPS) is 28.3. The Bertz CT molecular complexity index is 1140. The molecule has 0 spiro atoms. The number of nitrogens with zero attached hydrogens (tertiary/aromatic N) is 2. The fraction of sp³-hybridized carbons (Fsp3) is 0.375. The number of fused-ring (bicyclic) bond motifs is 1. The summed E-state index contributed by atoms with van der Waals surface area (Å²) in [6, 6.07) is 10.6. The zero-order valence-electron chi connectivity index (χ0n) is 18.1. The highest BCUT2D eigenvalue weighted by atomic mass is 16.5. The summed E-state index contributed by atoms with van der Waals surface area (Å²) in [6.07, 6.45) is -0.466. The van der Waals surface area contributed by atoms with E-state index < -0.39 is 23.3 Å². The molecule has 0 aliphatic carbocycles. The van der Waals surface area contributed by atoms with E-state index in [1.54, 1.807) is 38.5 Å². The Balaban J connectivity index is 1.79. The molecule has 0 amide bonds. The zero-order chi connectivity index (χ0) is 22.9. The van der Waals surface area contributed by atoms with Crippen molar-refractivity contribution in [2.75, 3.05) is 34.5 Å². The highest BCUT2D eigenvalue weighted by molar-refractivity contribution is 5.79. The van der Waals surface area contributed by atoms with Crippen LogP contribution in [0.2, 0.25) is 0 Å². The Morgan fingerprint density at radius 3 is 1.81 bits per heavy atom. The monoisotopic (exact) mass is 436 g/mol. The van der Waals surface area contributed by atoms with Crippen molar-refractivity contribution in [2.45, 2.75) is 23.3 Å². The molecule has 0 saturated carbocycles. The van der Waals surface area contributed by atoms with Crippen LogP contribution in [0.1, 0.15) is 33.7 Å². The van der Waals surface area contributed by atoms with Crippen LogP contribution < -0.4 is 14.2 Å². The summed E-state index contributed by atoms with van der Waals surface area (Å²) in [5.74, 6) is 1.56. The summed E-state index contributed by atoms with van der Waals surface area (Å²) < 4.78 is 28.5. The van der Waals surface area contributed by atoms with Crippen molar-refractivity contribution in [3.8, 4) is 30.4 Å². The second kappa shape index (κ2) is 8.16. The lowest BCUT2D eigenvalue weighted by molar-refractivity contribution is 0.0186. The van der Waals surface area contributed by atoms with Gasteiger partial charge < -0.3 is 23.7 Å². The number of hydrogen-bond donors (Lipinski definition) is 0. The van der Waals surface area contributed by atoms with Gasteiger partial charge in [-0.1, -0.05) is 21.8 Å². The number of ether oxygens (including phenoxy) is 5. The van der Waals surface area contributed by atoms with E-state index in [1.807, 2.05) is 12.1 Å². The van der Waals surface area contributed by atoms with Gasteiger partial charge in [0.1, 0.15) is 19.0 Å². The Morgan fingerprint density at radius 2 is 1.34 bits per heavy atom. The molecule has 32 heavy (non-hydrogen) atoms. The number of benzene rings is 2. The molecule has 2 saturated heterocycles. The minimum absolute atomic E-state index is 0.131. The summed E-state index contributed by atoms with van der Waals surface area (Å²) in [5, 5.41) is 0. The molecule has 4 rings (SSSR count). The third kappa shape index (κ3) is 2.85. The van der Waals surface area contributed by atoms with Crippen LogP contribution in [-0.2, 0) is 9.47 Å². The van der Waals surface area contributed by atoms with Gasteiger partial charge in [0.25, 0.3) is 13.1 Å². The van der Waals surface area contributed by atoms with E-state index in [9.17, 15) is 4.79 Å². The van der Waals surface area contributed by atoms with E-state index in [4.69, 9.17) is 36.8 Å². The first-order valence-electron chi connectivity index (χ1n) is 9.96. The van der Waals surface area contributed by atoms with Crippen molar-refractivity contribution in [1.29, 1.82) is 0 Å². The first-order chi connectivity index (χ1) is 15.5. The molecule has 164 valence electrons. The number of carbonyl (C=O) groups is 1. The summed E-state index contributed by atoms with van der Waals surface area (Å²) in [5.41, 5.74) is -0.242. The molecule has 0 bridgehead atoms. The van der Waals surface area contributed by atoms with Crippen LogP contribution in [0.5, 0.6) is 17.2 Å². The zero-order valence-corrected chi connectivity index (χ0v) is 18.1. The molecule has 8 heteroatoms. The highest BCUT2D eigenvalue weighted by Gasteiger charge is 2.87. The molecule has 2 aliphatic heterocycles. The maximum atomic E-state index is 11.3. The lowest BCUT2D eigenvalue weighted by Gasteiger charge is -2.19. The molecular formula is C24H24N2O6+2. The van der Waals surface area contributed by atoms with Gasteiger partial charge in [-0.2, -0.15) is 0 Å². The van der Waals surface area contributed by atoms with Crippen LogP contribution in [0.25, 0.3) is 9.69 Å². The number of aldehydes is 1. The minimum Gasteiger partial charge on any atom is -0.496 e. The van der Waals surface area contributed by atoms with Gasteiger partial charge in [0.2, 0.25) is 0 Å². The van der Waals surface area contributed by atoms with Crippen LogP contribution in [0, 0.1) is 13.1 Å². The Labute approximate surface area is 186 Å². The van der Waals surface area contributed by atoms with Crippen molar-refractivity contribution in [3.63, 3.8) is 0 Å². The number of methoxy groups -OCH3 is 3. The molecule has 0 aromatic heterocycles. The molecule has 0 N–H and O–H groups in total. The van der Waals surface area contributed by atoms with Crippen LogP contribution in [0.3, 0.4) is 0 Å². The van der Waals surface area contributed by atoms with E-state index in [0.29, 0.717) is 22.8 Å². The molecule has 8 nitrogen and oxygen atoms in total. The van der Waals surface area contributed by atoms with Crippen molar-refractivity contribution in [3.05, 3.63) is 62.8 Å². The Kier molecular flexibility index (Phi) is 5.52. The molecule has 0 unspecified atom stereocenters. The molecule has 4 atom stereocenters. The maximum absolute atomic E-state index is 11.3. The molecule has 2 aliphatic rings. The summed E-state index contributed by atoms with van der Waals surface area (Å²) in [4.78, 5) is 19.8. The molecule has 2 heterocycles. The van der Waals surface area contributed by atoms with Crippen molar-refractivity contribution in [2.24, 2.45) is 0 Å². The molecule has 0 radical (unpaired) electrons. The summed E-state index contributed by atoms with van der Waals surface area (Å²) >= 11 is 0.